The van der Waals surface area contributed by atoms with Crippen molar-refractivity contribution in [3.8, 4) is 0 Å². The lowest BCUT2D eigenvalue weighted by atomic mass is 9.91. The van der Waals surface area contributed by atoms with E-state index in [4.69, 9.17) is 5.11 Å². The van der Waals surface area contributed by atoms with Gasteiger partial charge in [0.05, 0.1) is 6.10 Å². The number of aldehydes is 1. The van der Waals surface area contributed by atoms with Crippen LogP contribution in [0.15, 0.2) is 12.7 Å². The molecular weight excluding hydrogens is 200 g/mol. The monoisotopic (exact) mass is 226 g/mol. The first-order valence-electron chi connectivity index (χ1n) is 6.45. The number of aliphatic hydroxyl groups is 1. The molecule has 1 N–H and O–H groups in total. The lowest BCUT2D eigenvalue weighted by Gasteiger charge is -2.14. The van der Waals surface area contributed by atoms with E-state index < -0.39 is 0 Å². The van der Waals surface area contributed by atoms with Gasteiger partial charge in [-0.3, -0.25) is 0 Å². The molecule has 0 amide bonds. The third kappa shape index (κ3) is 9.91. The first-order valence-corrected chi connectivity index (χ1v) is 6.45. The number of rotatable bonds is 5. The maximum atomic E-state index is 10.2. The quantitative estimate of drug-likeness (QED) is 0.442. The summed E-state index contributed by atoms with van der Waals surface area (Å²) in [6, 6.07) is 0. The van der Waals surface area contributed by atoms with E-state index in [1.54, 1.807) is 0 Å². The van der Waals surface area contributed by atoms with Gasteiger partial charge in [0.25, 0.3) is 0 Å². The van der Waals surface area contributed by atoms with Crippen LogP contribution in [0.3, 0.4) is 0 Å². The topological polar surface area (TPSA) is 37.3 Å². The standard InChI is InChI=1S/C7H12O.C7H14O/c8-6-7-4-2-1-3-5-7;1-3-4-5-6-7(2)8/h6-7H,1-5H2;3,7-8H,1,4-6H2,2H3. The highest BCUT2D eigenvalue weighted by molar-refractivity contribution is 5.53. The molecule has 2 heteroatoms. The minimum Gasteiger partial charge on any atom is -0.393 e. The molecule has 1 saturated carbocycles. The summed E-state index contributed by atoms with van der Waals surface area (Å²) in [5.74, 6) is 0.406. The van der Waals surface area contributed by atoms with Crippen molar-refractivity contribution in [1.29, 1.82) is 0 Å². The lowest BCUT2D eigenvalue weighted by molar-refractivity contribution is -0.111. The SMILES string of the molecule is C=CCCCC(C)O.O=CC1CCCCC1. The van der Waals surface area contributed by atoms with Gasteiger partial charge in [0.1, 0.15) is 6.29 Å². The second kappa shape index (κ2) is 10.9. The minimum atomic E-state index is -0.144. The van der Waals surface area contributed by atoms with Gasteiger partial charge in [-0.05, 0) is 39.0 Å². The van der Waals surface area contributed by atoms with Crippen molar-refractivity contribution in [3.05, 3.63) is 12.7 Å². The Morgan fingerprint density at radius 2 is 2.00 bits per heavy atom. The van der Waals surface area contributed by atoms with Crippen molar-refractivity contribution in [1.82, 2.24) is 0 Å². The van der Waals surface area contributed by atoms with Crippen LogP contribution in [0, 0.1) is 5.92 Å². The molecule has 94 valence electrons. The highest BCUT2D eigenvalue weighted by Gasteiger charge is 2.10. The van der Waals surface area contributed by atoms with E-state index in [9.17, 15) is 4.79 Å². The molecule has 1 rings (SSSR count). The summed E-state index contributed by atoms with van der Waals surface area (Å²) in [6.45, 7) is 5.38. The Morgan fingerprint density at radius 3 is 2.38 bits per heavy atom. The molecule has 1 aliphatic carbocycles. The molecule has 1 atom stereocenters. The van der Waals surface area contributed by atoms with Gasteiger partial charge in [-0.25, -0.2) is 0 Å². The van der Waals surface area contributed by atoms with E-state index in [1.165, 1.54) is 19.3 Å². The second-order valence-corrected chi connectivity index (χ2v) is 4.60. The molecule has 0 aromatic rings. The van der Waals surface area contributed by atoms with Crippen LogP contribution in [0.2, 0.25) is 0 Å². The molecule has 0 saturated heterocycles. The summed E-state index contributed by atoms with van der Waals surface area (Å²) in [6.07, 6.45) is 12.0. The van der Waals surface area contributed by atoms with E-state index in [-0.39, 0.29) is 6.10 Å². The van der Waals surface area contributed by atoms with Crippen molar-refractivity contribution >= 4 is 6.29 Å². The van der Waals surface area contributed by atoms with Crippen molar-refractivity contribution in [2.75, 3.05) is 0 Å². The molecule has 2 nitrogen and oxygen atoms in total. The van der Waals surface area contributed by atoms with E-state index >= 15 is 0 Å². The number of aliphatic hydroxyl groups excluding tert-OH is 1. The van der Waals surface area contributed by atoms with Gasteiger partial charge >= 0.3 is 0 Å². The summed E-state index contributed by atoms with van der Waals surface area (Å²) in [4.78, 5) is 10.2. The fourth-order valence-electron chi connectivity index (χ4n) is 1.83. The molecule has 1 aliphatic rings. The van der Waals surface area contributed by atoms with Crippen molar-refractivity contribution in [2.45, 2.75) is 64.4 Å². The number of carbonyl (C=O) groups is 1. The third-order valence-corrected chi connectivity index (χ3v) is 2.87. The molecule has 0 spiro atoms. The molecule has 16 heavy (non-hydrogen) atoms. The molecule has 0 radical (unpaired) electrons. The first kappa shape index (κ1) is 15.4. The predicted molar refractivity (Wildman–Crippen MR) is 68.4 cm³/mol. The maximum absolute atomic E-state index is 10.2. The van der Waals surface area contributed by atoms with Crippen LogP contribution in [0.1, 0.15) is 58.3 Å². The Kier molecular flexibility index (Phi) is 10.4. The zero-order chi connectivity index (χ0) is 12.2. The summed E-state index contributed by atoms with van der Waals surface area (Å²) in [5.41, 5.74) is 0. The zero-order valence-electron chi connectivity index (χ0n) is 10.5. The van der Waals surface area contributed by atoms with Crippen molar-refractivity contribution < 1.29 is 9.90 Å². The predicted octanol–water partition coefficient (Wildman–Crippen LogP) is 3.49. The summed E-state index contributed by atoms with van der Waals surface area (Å²) < 4.78 is 0. The number of allylic oxidation sites excluding steroid dienone is 1. The van der Waals surface area contributed by atoms with Crippen LogP contribution in [0.25, 0.3) is 0 Å². The zero-order valence-corrected chi connectivity index (χ0v) is 10.5. The van der Waals surface area contributed by atoms with Gasteiger partial charge in [0.15, 0.2) is 0 Å². The molecule has 1 fully saturated rings. The Morgan fingerprint density at radius 1 is 1.38 bits per heavy atom. The average Bonchev–Trinajstić information content (AvgIpc) is 2.31. The van der Waals surface area contributed by atoms with E-state index in [0.717, 1.165) is 38.4 Å². The Labute approximate surface area is 99.7 Å². The lowest BCUT2D eigenvalue weighted by Crippen LogP contribution is -2.06. The van der Waals surface area contributed by atoms with Crippen molar-refractivity contribution in [2.24, 2.45) is 5.92 Å². The second-order valence-electron chi connectivity index (χ2n) is 4.60. The third-order valence-electron chi connectivity index (χ3n) is 2.87. The van der Waals surface area contributed by atoms with E-state index in [1.807, 2.05) is 13.0 Å². The Hall–Kier alpha value is -0.630. The summed E-state index contributed by atoms with van der Waals surface area (Å²) >= 11 is 0. The molecule has 1 unspecified atom stereocenters. The molecular formula is C14H26O2. The van der Waals surface area contributed by atoms with Crippen LogP contribution >= 0.6 is 0 Å². The number of hydrogen-bond donors (Lipinski definition) is 1. The molecule has 0 heterocycles. The molecule has 0 bridgehead atoms. The number of unbranched alkanes of at least 4 members (excludes halogenated alkanes) is 1. The van der Waals surface area contributed by atoms with Crippen molar-refractivity contribution in [3.63, 3.8) is 0 Å². The van der Waals surface area contributed by atoms with Crippen LogP contribution in [-0.2, 0) is 4.79 Å². The molecule has 0 aromatic carbocycles. The smallest absolute Gasteiger partial charge is 0.123 e. The first-order chi connectivity index (χ1) is 7.70. The van der Waals surface area contributed by atoms with Gasteiger partial charge in [-0.15, -0.1) is 6.58 Å². The van der Waals surface area contributed by atoms with Gasteiger partial charge in [-0.2, -0.15) is 0 Å². The van der Waals surface area contributed by atoms with Gasteiger partial charge in [-0.1, -0.05) is 25.3 Å². The Balaban J connectivity index is 0.000000281. The number of carbonyl (C=O) groups excluding carboxylic acids is 1. The van der Waals surface area contributed by atoms with Gasteiger partial charge < -0.3 is 9.90 Å². The van der Waals surface area contributed by atoms with Gasteiger partial charge in [0, 0.05) is 5.92 Å². The summed E-state index contributed by atoms with van der Waals surface area (Å²) in [7, 11) is 0. The fraction of sp³-hybridized carbons (Fsp3) is 0.786. The highest BCUT2D eigenvalue weighted by Crippen LogP contribution is 2.21. The fourth-order valence-corrected chi connectivity index (χ4v) is 1.83. The number of hydrogen-bond acceptors (Lipinski definition) is 2. The van der Waals surface area contributed by atoms with Crippen LogP contribution in [0.4, 0.5) is 0 Å². The summed E-state index contributed by atoms with van der Waals surface area (Å²) in [5, 5.41) is 8.74. The molecule has 0 aromatic heterocycles. The van der Waals surface area contributed by atoms with E-state index in [2.05, 4.69) is 6.58 Å². The minimum absolute atomic E-state index is 0.144. The molecule has 0 aliphatic heterocycles. The largest absolute Gasteiger partial charge is 0.393 e. The van der Waals surface area contributed by atoms with E-state index in [0.29, 0.717) is 5.92 Å². The maximum Gasteiger partial charge on any atom is 0.123 e. The average molecular weight is 226 g/mol. The van der Waals surface area contributed by atoms with Crippen LogP contribution in [0.5, 0.6) is 0 Å². The van der Waals surface area contributed by atoms with Gasteiger partial charge in [0.2, 0.25) is 0 Å². The normalized spacial score (nSPS) is 18.1. The highest BCUT2D eigenvalue weighted by atomic mass is 16.3. The Bertz CT molecular complexity index is 170. The van der Waals surface area contributed by atoms with Crippen LogP contribution in [-0.4, -0.2) is 17.5 Å². The van der Waals surface area contributed by atoms with Crippen LogP contribution < -0.4 is 0 Å².